The maximum Gasteiger partial charge on any atom is 0.356 e. The third kappa shape index (κ3) is 2.97. The molecule has 1 aromatic carbocycles. The van der Waals surface area contributed by atoms with Crippen molar-refractivity contribution < 1.29 is 19.1 Å². The van der Waals surface area contributed by atoms with Crippen molar-refractivity contribution >= 4 is 23.9 Å². The summed E-state index contributed by atoms with van der Waals surface area (Å²) in [7, 11) is 2.78. The predicted octanol–water partition coefficient (Wildman–Crippen LogP) is 1.27. The molecular weight excluding hydrogens is 274 g/mol. The van der Waals surface area contributed by atoms with E-state index in [0.29, 0.717) is 17.5 Å². The van der Waals surface area contributed by atoms with Gasteiger partial charge < -0.3 is 10.1 Å². The van der Waals surface area contributed by atoms with Crippen molar-refractivity contribution in [2.24, 2.45) is 7.05 Å². The van der Waals surface area contributed by atoms with Crippen LogP contribution in [0.25, 0.3) is 0 Å². The van der Waals surface area contributed by atoms with E-state index in [-0.39, 0.29) is 11.4 Å². The first-order valence-corrected chi connectivity index (χ1v) is 6.04. The van der Waals surface area contributed by atoms with Gasteiger partial charge in [-0.15, -0.1) is 0 Å². The van der Waals surface area contributed by atoms with E-state index >= 15 is 0 Å². The number of anilines is 1. The van der Waals surface area contributed by atoms with E-state index in [1.165, 1.54) is 24.9 Å². The minimum absolute atomic E-state index is 0.0543. The Hall–Kier alpha value is -2.96. The third-order valence-corrected chi connectivity index (χ3v) is 2.84. The third-order valence-electron chi connectivity index (χ3n) is 2.84. The van der Waals surface area contributed by atoms with E-state index in [1.807, 2.05) is 0 Å². The smallest absolute Gasteiger partial charge is 0.356 e. The molecule has 0 spiro atoms. The van der Waals surface area contributed by atoms with Gasteiger partial charge in [0.15, 0.2) is 12.0 Å². The van der Waals surface area contributed by atoms with Crippen LogP contribution in [0.1, 0.15) is 31.3 Å². The Morgan fingerprint density at radius 3 is 2.71 bits per heavy atom. The van der Waals surface area contributed by atoms with E-state index in [1.54, 1.807) is 24.3 Å². The zero-order valence-corrected chi connectivity index (χ0v) is 11.5. The second-order valence-electron chi connectivity index (χ2n) is 4.19. The second kappa shape index (κ2) is 6.00. The lowest BCUT2D eigenvalue weighted by atomic mass is 10.2. The lowest BCUT2D eigenvalue weighted by molar-refractivity contribution is 0.0588. The van der Waals surface area contributed by atoms with Crippen LogP contribution in [0.3, 0.4) is 0 Å². The van der Waals surface area contributed by atoms with Crippen LogP contribution in [0.4, 0.5) is 5.69 Å². The number of aryl methyl sites for hydroxylation is 1. The molecule has 108 valence electrons. The molecular formula is C14H13N3O4. The van der Waals surface area contributed by atoms with Gasteiger partial charge in [-0.2, -0.15) is 5.10 Å². The van der Waals surface area contributed by atoms with E-state index < -0.39 is 11.9 Å². The number of nitrogens with zero attached hydrogens (tertiary/aromatic N) is 2. The molecule has 0 bridgehead atoms. The number of benzene rings is 1. The largest absolute Gasteiger partial charge is 0.464 e. The summed E-state index contributed by atoms with van der Waals surface area (Å²) in [5, 5.41) is 6.52. The van der Waals surface area contributed by atoms with E-state index in [4.69, 9.17) is 0 Å². The number of rotatable bonds is 4. The Balaban J connectivity index is 2.25. The van der Waals surface area contributed by atoms with Crippen LogP contribution in [0.2, 0.25) is 0 Å². The Morgan fingerprint density at radius 1 is 1.33 bits per heavy atom. The number of esters is 1. The van der Waals surface area contributed by atoms with Crippen molar-refractivity contribution in [2.45, 2.75) is 0 Å². The molecule has 1 N–H and O–H groups in total. The molecule has 0 unspecified atom stereocenters. The number of amides is 1. The molecule has 0 radical (unpaired) electrons. The summed E-state index contributed by atoms with van der Waals surface area (Å²) in [6, 6.07) is 7.90. The van der Waals surface area contributed by atoms with Gasteiger partial charge in [0.05, 0.1) is 12.8 Å². The number of ether oxygens (including phenoxy) is 1. The Kier molecular flexibility index (Phi) is 4.13. The minimum atomic E-state index is -0.586. The highest BCUT2D eigenvalue weighted by Crippen LogP contribution is 2.14. The Morgan fingerprint density at radius 2 is 2.05 bits per heavy atom. The highest BCUT2D eigenvalue weighted by Gasteiger charge is 2.18. The summed E-state index contributed by atoms with van der Waals surface area (Å²) in [6.07, 6.45) is 0.647. The van der Waals surface area contributed by atoms with Crippen molar-refractivity contribution in [3.63, 3.8) is 0 Å². The highest BCUT2D eigenvalue weighted by molar-refractivity contribution is 6.06. The van der Waals surface area contributed by atoms with Crippen LogP contribution >= 0.6 is 0 Å². The molecule has 0 aliphatic carbocycles. The van der Waals surface area contributed by atoms with Gasteiger partial charge in [-0.3, -0.25) is 14.3 Å². The maximum atomic E-state index is 12.1. The monoisotopic (exact) mass is 287 g/mol. The number of aromatic nitrogens is 2. The van der Waals surface area contributed by atoms with Gasteiger partial charge in [-0.05, 0) is 12.1 Å². The van der Waals surface area contributed by atoms with Gasteiger partial charge in [0, 0.05) is 18.7 Å². The van der Waals surface area contributed by atoms with Crippen molar-refractivity contribution in [1.29, 1.82) is 0 Å². The summed E-state index contributed by atoms with van der Waals surface area (Å²) < 4.78 is 5.84. The molecule has 0 aliphatic heterocycles. The molecule has 0 fully saturated rings. The number of carbonyl (C=O) groups is 3. The number of para-hydroxylation sites is 1. The van der Waals surface area contributed by atoms with Crippen LogP contribution in [0.5, 0.6) is 0 Å². The first kappa shape index (κ1) is 14.4. The zero-order valence-electron chi connectivity index (χ0n) is 11.5. The van der Waals surface area contributed by atoms with Crippen LogP contribution in [-0.2, 0) is 11.8 Å². The fourth-order valence-electron chi connectivity index (χ4n) is 1.77. The molecule has 2 aromatic rings. The van der Waals surface area contributed by atoms with Crippen LogP contribution in [0, 0.1) is 0 Å². The van der Waals surface area contributed by atoms with Gasteiger partial charge in [0.2, 0.25) is 0 Å². The number of carbonyl (C=O) groups excluding carboxylic acids is 3. The molecule has 1 amide bonds. The highest BCUT2D eigenvalue weighted by atomic mass is 16.5. The van der Waals surface area contributed by atoms with Gasteiger partial charge in [-0.25, -0.2) is 4.79 Å². The summed E-state index contributed by atoms with van der Waals surface area (Å²) >= 11 is 0. The van der Waals surface area contributed by atoms with Crippen LogP contribution in [-0.4, -0.2) is 35.1 Å². The number of aldehydes is 1. The number of hydrogen-bond acceptors (Lipinski definition) is 5. The molecule has 7 nitrogen and oxygen atoms in total. The second-order valence-corrected chi connectivity index (χ2v) is 4.19. The number of hydrogen-bond donors (Lipinski definition) is 1. The van der Waals surface area contributed by atoms with Crippen molar-refractivity contribution in [3.8, 4) is 0 Å². The van der Waals surface area contributed by atoms with E-state index in [2.05, 4.69) is 15.2 Å². The van der Waals surface area contributed by atoms with Gasteiger partial charge in [0.1, 0.15) is 5.69 Å². The molecule has 0 saturated heterocycles. The standard InChI is InChI=1S/C14H13N3O4/c1-17-12(14(20)21-2)7-11(16-17)13(19)15-10-6-4-3-5-9(10)8-18/h3-8H,1-2H3,(H,15,19). The molecule has 0 saturated carbocycles. The molecule has 1 aromatic heterocycles. The summed E-state index contributed by atoms with van der Waals surface area (Å²) in [5.41, 5.74) is 0.947. The molecule has 0 aliphatic rings. The Bertz CT molecular complexity index is 706. The van der Waals surface area contributed by atoms with Gasteiger partial charge in [-0.1, -0.05) is 12.1 Å². The number of nitrogens with one attached hydrogen (secondary N) is 1. The normalized spacial score (nSPS) is 10.0. The maximum absolute atomic E-state index is 12.1. The van der Waals surface area contributed by atoms with E-state index in [0.717, 1.165) is 0 Å². The van der Waals surface area contributed by atoms with Crippen molar-refractivity contribution in [3.05, 3.63) is 47.3 Å². The summed E-state index contributed by atoms with van der Waals surface area (Å²) in [6.45, 7) is 0. The van der Waals surface area contributed by atoms with Gasteiger partial charge >= 0.3 is 5.97 Å². The molecule has 7 heteroatoms. The van der Waals surface area contributed by atoms with Gasteiger partial charge in [0.25, 0.3) is 5.91 Å². The molecule has 2 rings (SSSR count). The van der Waals surface area contributed by atoms with Crippen molar-refractivity contribution in [1.82, 2.24) is 9.78 Å². The lowest BCUT2D eigenvalue weighted by Gasteiger charge is -2.05. The Labute approximate surface area is 120 Å². The molecule has 1 heterocycles. The number of methoxy groups -OCH3 is 1. The lowest BCUT2D eigenvalue weighted by Crippen LogP contribution is -2.14. The SMILES string of the molecule is COC(=O)c1cc(C(=O)Nc2ccccc2C=O)nn1C. The van der Waals surface area contributed by atoms with Crippen LogP contribution < -0.4 is 5.32 Å². The minimum Gasteiger partial charge on any atom is -0.464 e. The fraction of sp³-hybridized carbons (Fsp3) is 0.143. The summed E-state index contributed by atoms with van der Waals surface area (Å²) in [5.74, 6) is -1.10. The molecule has 0 atom stereocenters. The predicted molar refractivity (Wildman–Crippen MR) is 74.3 cm³/mol. The average Bonchev–Trinajstić information content (AvgIpc) is 2.89. The van der Waals surface area contributed by atoms with Crippen LogP contribution in [0.15, 0.2) is 30.3 Å². The first-order chi connectivity index (χ1) is 10.1. The molecule has 21 heavy (non-hydrogen) atoms. The first-order valence-electron chi connectivity index (χ1n) is 6.04. The van der Waals surface area contributed by atoms with E-state index in [9.17, 15) is 14.4 Å². The van der Waals surface area contributed by atoms with Crippen molar-refractivity contribution in [2.75, 3.05) is 12.4 Å². The quantitative estimate of drug-likeness (QED) is 0.675. The zero-order chi connectivity index (χ0) is 15.4. The average molecular weight is 287 g/mol. The topological polar surface area (TPSA) is 90.3 Å². The fourth-order valence-corrected chi connectivity index (χ4v) is 1.77. The summed E-state index contributed by atoms with van der Waals surface area (Å²) in [4.78, 5) is 34.5.